The van der Waals surface area contributed by atoms with Crippen molar-refractivity contribution in [1.29, 1.82) is 0 Å². The molecule has 3 N–H and O–H groups in total. The normalized spacial score (nSPS) is 11.0. The first kappa shape index (κ1) is 25.5. The minimum absolute atomic E-state index is 0.163. The van der Waals surface area contributed by atoms with E-state index in [0.717, 1.165) is 6.42 Å². The van der Waals surface area contributed by atoms with E-state index in [0.29, 0.717) is 13.0 Å². The Bertz CT molecular complexity index is 733. The topological polar surface area (TPSA) is 114 Å². The van der Waals surface area contributed by atoms with E-state index in [1.165, 1.54) is 0 Å². The summed E-state index contributed by atoms with van der Waals surface area (Å²) in [6.07, 6.45) is 1.08. The summed E-state index contributed by atoms with van der Waals surface area (Å²) in [5, 5.41) is 11.1. The first-order valence-electron chi connectivity index (χ1n) is 9.51. The zero-order valence-corrected chi connectivity index (χ0v) is 18.4. The van der Waals surface area contributed by atoms with Crippen molar-refractivity contribution in [3.05, 3.63) is 60.7 Å². The van der Waals surface area contributed by atoms with E-state index >= 15 is 0 Å². The van der Waals surface area contributed by atoms with Crippen molar-refractivity contribution in [2.45, 2.75) is 39.2 Å². The van der Waals surface area contributed by atoms with Gasteiger partial charge in [0.05, 0.1) is 0 Å². The second-order valence-electron chi connectivity index (χ2n) is 7.14. The summed E-state index contributed by atoms with van der Waals surface area (Å²) in [5.74, 6) is 0.573. The number of nitrogens with one attached hydrogen (secondary N) is 1. The maximum absolute atomic E-state index is 11.7. The fraction of sp³-hybridized carbons (Fsp3) is 0.381. The Morgan fingerprint density at radius 2 is 1.40 bits per heavy atom. The molecule has 0 aliphatic carbocycles. The Morgan fingerprint density at radius 3 is 1.80 bits per heavy atom. The van der Waals surface area contributed by atoms with Crippen LogP contribution in [0.15, 0.2) is 60.7 Å². The first-order chi connectivity index (χ1) is 14.1. The van der Waals surface area contributed by atoms with Gasteiger partial charge in [-0.05, 0) is 57.9 Å². The monoisotopic (exact) mass is 439 g/mol. The number of amides is 1. The third-order valence-corrected chi connectivity index (χ3v) is 4.06. The number of ether oxygens (including phenoxy) is 1. The van der Waals surface area contributed by atoms with Gasteiger partial charge < -0.3 is 24.2 Å². The number of phosphoric ester groups is 1. The largest absolute Gasteiger partial charge is 0.584 e. The highest BCUT2D eigenvalue weighted by Crippen LogP contribution is 2.44. The summed E-state index contributed by atoms with van der Waals surface area (Å²) in [6.45, 7) is 6.17. The summed E-state index contributed by atoms with van der Waals surface area (Å²) < 4.78 is 26.5. The molecule has 0 aromatic heterocycles. The smallest absolute Gasteiger partial charge is 0.444 e. The number of rotatable bonds is 8. The lowest BCUT2D eigenvalue weighted by Crippen LogP contribution is -2.33. The van der Waals surface area contributed by atoms with Crippen molar-refractivity contribution in [1.82, 2.24) is 5.32 Å². The average Bonchev–Trinajstić information content (AvgIpc) is 2.65. The van der Waals surface area contributed by atoms with Crippen molar-refractivity contribution in [3.63, 3.8) is 0 Å². The maximum Gasteiger partial charge on any atom is 0.584 e. The van der Waals surface area contributed by atoms with Gasteiger partial charge in [-0.15, -0.1) is 0 Å². The van der Waals surface area contributed by atoms with E-state index in [4.69, 9.17) is 18.9 Å². The molecular weight excluding hydrogens is 409 g/mol. The van der Waals surface area contributed by atoms with Gasteiger partial charge in [0.25, 0.3) is 0 Å². The second-order valence-corrected chi connectivity index (χ2v) is 8.44. The molecule has 0 aliphatic rings. The first-order valence-corrected chi connectivity index (χ1v) is 11.0. The summed E-state index contributed by atoms with van der Waals surface area (Å²) in [6, 6.07) is 16.7. The lowest BCUT2D eigenvalue weighted by Gasteiger charge is -2.19. The highest BCUT2D eigenvalue weighted by atomic mass is 31.2. The fourth-order valence-corrected chi connectivity index (χ4v) is 2.80. The predicted octanol–water partition coefficient (Wildman–Crippen LogP) is 4.53. The fourth-order valence-electron chi connectivity index (χ4n) is 1.99. The summed E-state index contributed by atoms with van der Waals surface area (Å²) in [5.41, 5.74) is -0.443. The SMILES string of the molecule is CC(C)(C)OC(=O)NCCCCO.O=P(O)(Oc1ccccc1)Oc1ccccc1. The van der Waals surface area contributed by atoms with Gasteiger partial charge >= 0.3 is 13.9 Å². The molecule has 2 rings (SSSR count). The molecule has 166 valence electrons. The van der Waals surface area contributed by atoms with Crippen molar-refractivity contribution >= 4 is 13.9 Å². The molecule has 0 unspecified atom stereocenters. The van der Waals surface area contributed by atoms with Crippen LogP contribution in [0.2, 0.25) is 0 Å². The van der Waals surface area contributed by atoms with E-state index < -0.39 is 19.5 Å². The number of aliphatic hydroxyl groups is 1. The molecule has 0 fully saturated rings. The Morgan fingerprint density at radius 1 is 0.933 bits per heavy atom. The molecule has 0 heterocycles. The van der Waals surface area contributed by atoms with E-state index in [1.54, 1.807) is 60.7 Å². The van der Waals surface area contributed by atoms with E-state index in [-0.39, 0.29) is 18.1 Å². The Hall–Kier alpha value is -2.54. The van der Waals surface area contributed by atoms with Crippen molar-refractivity contribution in [3.8, 4) is 11.5 Å². The molecule has 0 atom stereocenters. The zero-order chi connectivity index (χ0) is 22.5. The van der Waals surface area contributed by atoms with Crippen LogP contribution in [-0.4, -0.2) is 34.8 Å². The second kappa shape index (κ2) is 12.9. The predicted molar refractivity (Wildman–Crippen MR) is 115 cm³/mol. The van der Waals surface area contributed by atoms with Gasteiger partial charge in [0.15, 0.2) is 0 Å². The standard InChI is InChI=1S/C12H11O4P.C9H19NO3/c13-17(14,15-11-7-3-1-4-8-11)16-12-9-5-2-6-10-12;1-9(2,3)13-8(12)10-6-4-5-7-11/h1-10H,(H,13,14);11H,4-7H2,1-3H3,(H,10,12). The molecule has 8 nitrogen and oxygen atoms in total. The molecule has 9 heteroatoms. The number of carbonyl (C=O) groups is 1. The molecular formula is C21H30NO7P. The van der Waals surface area contributed by atoms with Crippen LogP contribution in [0.25, 0.3) is 0 Å². The minimum Gasteiger partial charge on any atom is -0.444 e. The molecule has 0 spiro atoms. The molecule has 0 radical (unpaired) electrons. The van der Waals surface area contributed by atoms with Gasteiger partial charge in [-0.3, -0.25) is 4.89 Å². The minimum atomic E-state index is -4.14. The van der Waals surface area contributed by atoms with Gasteiger partial charge in [0.2, 0.25) is 0 Å². The summed E-state index contributed by atoms with van der Waals surface area (Å²) in [4.78, 5) is 20.6. The summed E-state index contributed by atoms with van der Waals surface area (Å²) >= 11 is 0. The van der Waals surface area contributed by atoms with Crippen molar-refractivity contribution in [2.24, 2.45) is 0 Å². The van der Waals surface area contributed by atoms with Crippen LogP contribution in [-0.2, 0) is 9.30 Å². The van der Waals surface area contributed by atoms with Crippen LogP contribution < -0.4 is 14.4 Å². The van der Waals surface area contributed by atoms with E-state index in [1.807, 2.05) is 20.8 Å². The number of hydrogen-bond acceptors (Lipinski definition) is 6. The van der Waals surface area contributed by atoms with Crippen LogP contribution >= 0.6 is 7.82 Å². The average molecular weight is 439 g/mol. The molecule has 2 aromatic rings. The van der Waals surface area contributed by atoms with Crippen LogP contribution in [0.5, 0.6) is 11.5 Å². The molecule has 2 aromatic carbocycles. The van der Waals surface area contributed by atoms with Gasteiger partial charge in [0.1, 0.15) is 17.1 Å². The molecule has 0 saturated carbocycles. The Balaban J connectivity index is 0.000000314. The van der Waals surface area contributed by atoms with Gasteiger partial charge in [-0.1, -0.05) is 36.4 Å². The van der Waals surface area contributed by atoms with Crippen LogP contribution in [0, 0.1) is 0 Å². The molecule has 0 aliphatic heterocycles. The van der Waals surface area contributed by atoms with Crippen LogP contribution in [0.4, 0.5) is 4.79 Å². The third kappa shape index (κ3) is 12.8. The molecule has 30 heavy (non-hydrogen) atoms. The third-order valence-electron chi connectivity index (χ3n) is 3.18. The van der Waals surface area contributed by atoms with E-state index in [9.17, 15) is 14.3 Å². The summed E-state index contributed by atoms with van der Waals surface area (Å²) in [7, 11) is -4.14. The number of phosphoric acid groups is 1. The molecule has 1 amide bonds. The quantitative estimate of drug-likeness (QED) is 0.409. The van der Waals surface area contributed by atoms with Gasteiger partial charge in [-0.2, -0.15) is 0 Å². The lowest BCUT2D eigenvalue weighted by atomic mass is 10.2. The number of carbonyl (C=O) groups excluding carboxylic acids is 1. The Labute approximate surface area is 177 Å². The van der Waals surface area contributed by atoms with Crippen LogP contribution in [0.1, 0.15) is 33.6 Å². The number of unbranched alkanes of at least 4 members (excludes halogenated alkanes) is 1. The maximum atomic E-state index is 11.7. The molecule has 0 saturated heterocycles. The van der Waals surface area contributed by atoms with E-state index in [2.05, 4.69) is 5.32 Å². The Kier molecular flexibility index (Phi) is 11.0. The lowest BCUT2D eigenvalue weighted by molar-refractivity contribution is 0.0526. The van der Waals surface area contributed by atoms with Crippen molar-refractivity contribution in [2.75, 3.05) is 13.2 Å². The number of benzene rings is 2. The zero-order valence-electron chi connectivity index (χ0n) is 17.5. The number of aliphatic hydroxyl groups excluding tert-OH is 1. The highest BCUT2D eigenvalue weighted by molar-refractivity contribution is 7.48. The number of para-hydroxylation sites is 2. The van der Waals surface area contributed by atoms with Crippen molar-refractivity contribution < 1.29 is 33.1 Å². The van der Waals surface area contributed by atoms with Crippen LogP contribution in [0.3, 0.4) is 0 Å². The van der Waals surface area contributed by atoms with Gasteiger partial charge in [0, 0.05) is 13.2 Å². The highest BCUT2D eigenvalue weighted by Gasteiger charge is 2.24. The number of alkyl carbamates (subject to hydrolysis) is 1. The molecule has 0 bridgehead atoms. The number of hydrogen-bond donors (Lipinski definition) is 3. The van der Waals surface area contributed by atoms with Gasteiger partial charge in [-0.25, -0.2) is 9.36 Å².